The van der Waals surface area contributed by atoms with Crippen LogP contribution < -0.4 is 5.73 Å². The molecule has 2 N–H and O–H groups in total. The first-order chi connectivity index (χ1) is 4.72. The number of hydrogen-bond donors (Lipinski definition) is 1. The molecule has 0 unspecified atom stereocenters. The molecule has 1 heterocycles. The summed E-state index contributed by atoms with van der Waals surface area (Å²) in [5, 5.41) is 0. The predicted octanol–water partition coefficient (Wildman–Crippen LogP) is 0.207. The van der Waals surface area contributed by atoms with Crippen molar-refractivity contribution in [2.45, 2.75) is 19.4 Å². The molecule has 3 nitrogen and oxygen atoms in total. The third-order valence-electron chi connectivity index (χ3n) is 1.44. The monoisotopic (exact) mass is 141 g/mol. The molecule has 0 aromatic rings. The number of ketones is 1. The fourth-order valence-corrected chi connectivity index (χ4v) is 0.861. The minimum atomic E-state index is -0.395. The second-order valence-corrected chi connectivity index (χ2v) is 2.42. The third kappa shape index (κ3) is 1.36. The van der Waals surface area contributed by atoms with E-state index in [2.05, 4.69) is 0 Å². The van der Waals surface area contributed by atoms with Gasteiger partial charge in [0.2, 0.25) is 0 Å². The maximum absolute atomic E-state index is 11.1. The first-order valence-electron chi connectivity index (χ1n) is 3.32. The minimum absolute atomic E-state index is 0.00231. The third-order valence-corrected chi connectivity index (χ3v) is 1.44. The predicted molar refractivity (Wildman–Crippen MR) is 37.3 cm³/mol. The van der Waals surface area contributed by atoms with Crippen LogP contribution in [0, 0.1) is 0 Å². The van der Waals surface area contributed by atoms with Crippen LogP contribution in [0.4, 0.5) is 0 Å². The van der Waals surface area contributed by atoms with Crippen LogP contribution in [0.15, 0.2) is 11.8 Å². The highest BCUT2D eigenvalue weighted by atomic mass is 16.5. The molecule has 0 spiro atoms. The first kappa shape index (κ1) is 7.28. The van der Waals surface area contributed by atoms with Crippen LogP contribution in [-0.2, 0) is 9.53 Å². The molecule has 0 radical (unpaired) electrons. The maximum atomic E-state index is 11.1. The van der Waals surface area contributed by atoms with Gasteiger partial charge >= 0.3 is 0 Å². The normalized spacial score (nSPS) is 19.6. The van der Waals surface area contributed by atoms with E-state index in [0.29, 0.717) is 13.0 Å². The summed E-state index contributed by atoms with van der Waals surface area (Å²) in [6.07, 6.45) is 2.21. The van der Waals surface area contributed by atoms with E-state index in [0.717, 1.165) is 5.57 Å². The van der Waals surface area contributed by atoms with Gasteiger partial charge in [0, 0.05) is 12.0 Å². The molecule has 56 valence electrons. The Balaban J connectivity index is 2.56. The van der Waals surface area contributed by atoms with Gasteiger partial charge in [-0.25, -0.2) is 0 Å². The zero-order chi connectivity index (χ0) is 7.56. The Morgan fingerprint density at radius 3 is 3.00 bits per heavy atom. The largest absolute Gasteiger partial charge is 0.500 e. The van der Waals surface area contributed by atoms with Crippen LogP contribution in [0.5, 0.6) is 0 Å². The molecule has 10 heavy (non-hydrogen) atoms. The van der Waals surface area contributed by atoms with Crippen molar-refractivity contribution in [1.29, 1.82) is 0 Å². The maximum Gasteiger partial charge on any atom is 0.178 e. The van der Waals surface area contributed by atoms with Gasteiger partial charge < -0.3 is 10.5 Å². The number of carbonyl (C=O) groups excluding carboxylic acids is 1. The van der Waals surface area contributed by atoms with Gasteiger partial charge in [-0.05, 0) is 6.92 Å². The molecule has 0 aliphatic carbocycles. The lowest BCUT2D eigenvalue weighted by molar-refractivity contribution is -0.116. The second-order valence-electron chi connectivity index (χ2n) is 2.42. The Bertz CT molecular complexity index is 172. The average molecular weight is 141 g/mol. The van der Waals surface area contributed by atoms with E-state index >= 15 is 0 Å². The molecule has 0 aromatic heterocycles. The summed E-state index contributed by atoms with van der Waals surface area (Å²) in [6, 6.07) is -0.395. The van der Waals surface area contributed by atoms with Crippen molar-refractivity contribution in [1.82, 2.24) is 0 Å². The summed E-state index contributed by atoms with van der Waals surface area (Å²) in [6.45, 7) is 2.30. The van der Waals surface area contributed by atoms with E-state index in [1.807, 2.05) is 0 Å². The number of ether oxygens (including phenoxy) is 1. The molecule has 1 atom stereocenters. The molecule has 1 rings (SSSR count). The van der Waals surface area contributed by atoms with E-state index in [1.165, 1.54) is 6.26 Å². The van der Waals surface area contributed by atoms with Crippen molar-refractivity contribution in [2.24, 2.45) is 5.73 Å². The fraction of sp³-hybridized carbons (Fsp3) is 0.571. The van der Waals surface area contributed by atoms with Crippen molar-refractivity contribution in [3.05, 3.63) is 11.8 Å². The van der Waals surface area contributed by atoms with E-state index in [4.69, 9.17) is 10.5 Å². The highest BCUT2D eigenvalue weighted by Crippen LogP contribution is 2.11. The lowest BCUT2D eigenvalue weighted by Gasteiger charge is -2.01. The minimum Gasteiger partial charge on any atom is -0.500 e. The molecule has 1 aliphatic rings. The lowest BCUT2D eigenvalue weighted by atomic mass is 10.1. The van der Waals surface area contributed by atoms with Crippen molar-refractivity contribution < 1.29 is 9.53 Å². The van der Waals surface area contributed by atoms with E-state index in [-0.39, 0.29) is 5.78 Å². The summed E-state index contributed by atoms with van der Waals surface area (Å²) < 4.78 is 4.89. The number of hydrogen-bond acceptors (Lipinski definition) is 3. The van der Waals surface area contributed by atoms with Crippen molar-refractivity contribution in [3.63, 3.8) is 0 Å². The first-order valence-corrected chi connectivity index (χ1v) is 3.32. The van der Waals surface area contributed by atoms with Crippen LogP contribution in [-0.4, -0.2) is 18.4 Å². The second kappa shape index (κ2) is 2.84. The van der Waals surface area contributed by atoms with E-state index in [1.54, 1.807) is 6.92 Å². The highest BCUT2D eigenvalue weighted by Gasteiger charge is 2.17. The molecule has 0 saturated carbocycles. The Morgan fingerprint density at radius 1 is 1.90 bits per heavy atom. The standard InChI is InChI=1S/C7H11NO2/c1-5(8)7(9)6-2-3-10-4-6/h4-5H,2-3,8H2,1H3/t5-/m0/s1. The molecule has 1 aliphatic heterocycles. The SMILES string of the molecule is C[C@H](N)C(=O)C1=COCC1. The van der Waals surface area contributed by atoms with Crippen molar-refractivity contribution >= 4 is 5.78 Å². The molecule has 0 bridgehead atoms. The number of nitrogens with two attached hydrogens (primary N) is 1. The zero-order valence-electron chi connectivity index (χ0n) is 5.96. The fourth-order valence-electron chi connectivity index (χ4n) is 0.861. The average Bonchev–Trinajstić information content (AvgIpc) is 2.36. The van der Waals surface area contributed by atoms with Crippen LogP contribution in [0.2, 0.25) is 0 Å². The lowest BCUT2D eigenvalue weighted by Crippen LogP contribution is -2.27. The molecular formula is C7H11NO2. The van der Waals surface area contributed by atoms with E-state index in [9.17, 15) is 4.79 Å². The Kier molecular flexibility index (Phi) is 2.06. The Morgan fingerprint density at radius 2 is 2.60 bits per heavy atom. The Labute approximate surface area is 59.8 Å². The Hall–Kier alpha value is -0.830. The van der Waals surface area contributed by atoms with E-state index < -0.39 is 6.04 Å². The van der Waals surface area contributed by atoms with Gasteiger partial charge in [-0.1, -0.05) is 0 Å². The van der Waals surface area contributed by atoms with Crippen molar-refractivity contribution in [2.75, 3.05) is 6.61 Å². The van der Waals surface area contributed by atoms with Gasteiger partial charge in [-0.2, -0.15) is 0 Å². The zero-order valence-corrected chi connectivity index (χ0v) is 5.96. The van der Waals surface area contributed by atoms with Crippen LogP contribution in [0.1, 0.15) is 13.3 Å². The summed E-state index contributed by atoms with van der Waals surface area (Å²) in [4.78, 5) is 11.1. The topological polar surface area (TPSA) is 52.3 Å². The van der Waals surface area contributed by atoms with Gasteiger partial charge in [0.25, 0.3) is 0 Å². The van der Waals surface area contributed by atoms with Crippen LogP contribution in [0.3, 0.4) is 0 Å². The molecule has 0 aromatic carbocycles. The highest BCUT2D eigenvalue weighted by molar-refractivity contribution is 5.99. The quantitative estimate of drug-likeness (QED) is 0.598. The van der Waals surface area contributed by atoms with Gasteiger partial charge in [0.15, 0.2) is 5.78 Å². The van der Waals surface area contributed by atoms with Gasteiger partial charge in [-0.3, -0.25) is 4.79 Å². The number of rotatable bonds is 2. The number of carbonyl (C=O) groups is 1. The molecule has 0 fully saturated rings. The summed E-state index contributed by atoms with van der Waals surface area (Å²) in [5.41, 5.74) is 6.09. The smallest absolute Gasteiger partial charge is 0.178 e. The molecular weight excluding hydrogens is 130 g/mol. The summed E-state index contributed by atoms with van der Waals surface area (Å²) in [5.74, 6) is -0.00231. The summed E-state index contributed by atoms with van der Waals surface area (Å²) >= 11 is 0. The van der Waals surface area contributed by atoms with Crippen molar-refractivity contribution in [3.8, 4) is 0 Å². The van der Waals surface area contributed by atoms with Crippen LogP contribution >= 0.6 is 0 Å². The van der Waals surface area contributed by atoms with Gasteiger partial charge in [0.05, 0.1) is 18.9 Å². The number of Topliss-reactive ketones (excluding diaryl/α,β-unsaturated/α-hetero) is 1. The van der Waals surface area contributed by atoms with Gasteiger partial charge in [0.1, 0.15) is 0 Å². The molecule has 3 heteroatoms. The van der Waals surface area contributed by atoms with Gasteiger partial charge in [-0.15, -0.1) is 0 Å². The summed E-state index contributed by atoms with van der Waals surface area (Å²) in [7, 11) is 0. The molecule has 0 saturated heterocycles. The molecule has 0 amide bonds. The van der Waals surface area contributed by atoms with Crippen LogP contribution in [0.25, 0.3) is 0 Å².